The molecule has 1 aromatic rings. The van der Waals surface area contributed by atoms with Gasteiger partial charge in [0.05, 0.1) is 17.7 Å². The predicted molar refractivity (Wildman–Crippen MR) is 61.0 cm³/mol. The van der Waals surface area contributed by atoms with Crippen molar-refractivity contribution in [3.05, 3.63) is 23.3 Å². The number of alkyl halides is 3. The highest BCUT2D eigenvalue weighted by molar-refractivity contribution is 7.80. The van der Waals surface area contributed by atoms with Gasteiger partial charge in [0, 0.05) is 4.90 Å². The zero-order chi connectivity index (χ0) is 14.6. The largest absolute Gasteiger partial charge is 0.573 e. The molecule has 8 heteroatoms. The van der Waals surface area contributed by atoms with E-state index < -0.39 is 23.6 Å². The van der Waals surface area contributed by atoms with Crippen molar-refractivity contribution < 1.29 is 27.4 Å². The summed E-state index contributed by atoms with van der Waals surface area (Å²) in [7, 11) is 0. The number of benzene rings is 1. The summed E-state index contributed by atoms with van der Waals surface area (Å²) in [6.07, 6.45) is -4.95. The number of esters is 1. The highest BCUT2D eigenvalue weighted by atomic mass is 32.1. The van der Waals surface area contributed by atoms with Gasteiger partial charge >= 0.3 is 12.3 Å². The number of ether oxygens (including phenoxy) is 2. The first-order chi connectivity index (χ1) is 8.78. The smallest absolute Gasteiger partial charge is 0.462 e. The quantitative estimate of drug-likeness (QED) is 0.687. The molecule has 0 radical (unpaired) electrons. The van der Waals surface area contributed by atoms with Crippen molar-refractivity contribution >= 4 is 18.6 Å². The van der Waals surface area contributed by atoms with E-state index in [-0.39, 0.29) is 17.1 Å². The molecule has 0 spiro atoms. The Labute approximate surface area is 112 Å². The molecule has 0 bridgehead atoms. The maximum absolute atomic E-state index is 12.2. The zero-order valence-corrected chi connectivity index (χ0v) is 10.5. The van der Waals surface area contributed by atoms with Gasteiger partial charge in [0.2, 0.25) is 0 Å². The molecule has 0 heterocycles. The number of rotatable bonds is 3. The fourth-order valence-corrected chi connectivity index (χ4v) is 1.56. The van der Waals surface area contributed by atoms with E-state index in [1.54, 1.807) is 6.92 Å². The molecule has 0 amide bonds. The summed E-state index contributed by atoms with van der Waals surface area (Å²) in [5, 5.41) is 8.79. The lowest BCUT2D eigenvalue weighted by molar-refractivity contribution is -0.275. The lowest BCUT2D eigenvalue weighted by atomic mass is 10.1. The minimum absolute atomic E-state index is 0.0714. The molecule has 0 fully saturated rings. The summed E-state index contributed by atoms with van der Waals surface area (Å²) in [5.41, 5.74) is -0.522. The van der Waals surface area contributed by atoms with Crippen molar-refractivity contribution in [2.45, 2.75) is 18.2 Å². The number of hydrogen-bond acceptors (Lipinski definition) is 5. The Morgan fingerprint density at radius 1 is 1.47 bits per heavy atom. The molecular weight excluding hydrogens is 283 g/mol. The maximum Gasteiger partial charge on any atom is 0.573 e. The maximum atomic E-state index is 12.2. The third kappa shape index (κ3) is 4.06. The Bertz CT molecular complexity index is 537. The number of nitriles is 1. The number of thiol groups is 1. The molecule has 0 saturated carbocycles. The van der Waals surface area contributed by atoms with E-state index in [0.29, 0.717) is 0 Å². The second kappa shape index (κ2) is 5.84. The van der Waals surface area contributed by atoms with Gasteiger partial charge in [-0.1, -0.05) is 0 Å². The van der Waals surface area contributed by atoms with Gasteiger partial charge in [-0.25, -0.2) is 4.79 Å². The summed E-state index contributed by atoms with van der Waals surface area (Å²) < 4.78 is 44.9. The van der Waals surface area contributed by atoms with Crippen LogP contribution in [0.1, 0.15) is 22.8 Å². The van der Waals surface area contributed by atoms with Crippen molar-refractivity contribution in [2.75, 3.05) is 6.61 Å². The van der Waals surface area contributed by atoms with E-state index in [1.165, 1.54) is 6.07 Å². The van der Waals surface area contributed by atoms with Crippen LogP contribution in [-0.4, -0.2) is 18.9 Å². The minimum Gasteiger partial charge on any atom is -0.462 e. The van der Waals surface area contributed by atoms with Gasteiger partial charge < -0.3 is 9.47 Å². The third-order valence-electron chi connectivity index (χ3n) is 1.92. The predicted octanol–water partition coefficient (Wildman–Crippen LogP) is 2.92. The van der Waals surface area contributed by atoms with E-state index in [1.807, 2.05) is 0 Å². The molecular formula is C11H8F3NO3S. The molecule has 0 aliphatic carbocycles. The van der Waals surface area contributed by atoms with Gasteiger partial charge in [-0.05, 0) is 19.1 Å². The molecule has 0 saturated heterocycles. The molecule has 0 aliphatic rings. The molecule has 1 aromatic carbocycles. The van der Waals surface area contributed by atoms with Crippen LogP contribution in [0.3, 0.4) is 0 Å². The van der Waals surface area contributed by atoms with E-state index in [0.717, 1.165) is 12.1 Å². The van der Waals surface area contributed by atoms with Gasteiger partial charge in [-0.3, -0.25) is 0 Å². The second-order valence-corrected chi connectivity index (χ2v) is 3.73. The molecule has 0 aromatic heterocycles. The number of carbonyl (C=O) groups is 1. The van der Waals surface area contributed by atoms with Crippen molar-refractivity contribution in [1.29, 1.82) is 5.26 Å². The first kappa shape index (κ1) is 15.2. The Morgan fingerprint density at radius 2 is 2.11 bits per heavy atom. The van der Waals surface area contributed by atoms with Crippen molar-refractivity contribution in [2.24, 2.45) is 0 Å². The average Bonchev–Trinajstić information content (AvgIpc) is 2.30. The summed E-state index contributed by atoms with van der Waals surface area (Å²) in [6.45, 7) is 1.68. The topological polar surface area (TPSA) is 59.3 Å². The van der Waals surface area contributed by atoms with E-state index in [9.17, 15) is 18.0 Å². The Kier molecular flexibility index (Phi) is 4.67. The van der Waals surface area contributed by atoms with Gasteiger partial charge in [0.25, 0.3) is 0 Å². The third-order valence-corrected chi connectivity index (χ3v) is 2.25. The fourth-order valence-electron chi connectivity index (χ4n) is 1.25. The Morgan fingerprint density at radius 3 is 2.58 bits per heavy atom. The molecule has 0 atom stereocenters. The zero-order valence-electron chi connectivity index (χ0n) is 9.61. The van der Waals surface area contributed by atoms with E-state index in [2.05, 4.69) is 22.1 Å². The van der Waals surface area contributed by atoms with Crippen LogP contribution in [0.25, 0.3) is 0 Å². The van der Waals surface area contributed by atoms with Crippen LogP contribution in [-0.2, 0) is 4.74 Å². The van der Waals surface area contributed by atoms with Crippen molar-refractivity contribution in [3.8, 4) is 11.8 Å². The minimum atomic E-state index is -4.95. The van der Waals surface area contributed by atoms with Gasteiger partial charge in [0.15, 0.2) is 5.75 Å². The van der Waals surface area contributed by atoms with Crippen molar-refractivity contribution in [1.82, 2.24) is 0 Å². The normalized spacial score (nSPS) is 10.7. The SMILES string of the molecule is CCOC(=O)c1cc(S)c(OC(F)(F)F)c(C#N)c1. The highest BCUT2D eigenvalue weighted by Gasteiger charge is 2.33. The molecule has 0 aliphatic heterocycles. The first-order valence-corrected chi connectivity index (χ1v) is 5.43. The number of carbonyl (C=O) groups excluding carboxylic acids is 1. The standard InChI is InChI=1S/C11H8F3NO3S/c1-2-17-10(16)6-3-7(5-15)9(8(19)4-6)18-11(12,13)14/h3-4,19H,2H2,1H3. The van der Waals surface area contributed by atoms with Crippen LogP contribution in [0.5, 0.6) is 5.75 Å². The van der Waals surface area contributed by atoms with Crippen LogP contribution < -0.4 is 4.74 Å². The number of halogens is 3. The second-order valence-electron chi connectivity index (χ2n) is 3.25. The van der Waals surface area contributed by atoms with Gasteiger partial charge in [0.1, 0.15) is 6.07 Å². The van der Waals surface area contributed by atoms with Crippen LogP contribution in [0.4, 0.5) is 13.2 Å². The summed E-state index contributed by atoms with van der Waals surface area (Å²) in [5.74, 6) is -1.50. The molecule has 1 rings (SSSR count). The molecule has 0 unspecified atom stereocenters. The van der Waals surface area contributed by atoms with Crippen LogP contribution in [0.15, 0.2) is 17.0 Å². The lowest BCUT2D eigenvalue weighted by Gasteiger charge is -2.13. The van der Waals surface area contributed by atoms with Gasteiger partial charge in [-0.2, -0.15) is 5.26 Å². The van der Waals surface area contributed by atoms with E-state index in [4.69, 9.17) is 5.26 Å². The Hall–Kier alpha value is -1.88. The van der Waals surface area contributed by atoms with Crippen LogP contribution >= 0.6 is 12.6 Å². The molecule has 19 heavy (non-hydrogen) atoms. The summed E-state index contributed by atoms with van der Waals surface area (Å²) in [6, 6.07) is 3.52. The fraction of sp³-hybridized carbons (Fsp3) is 0.273. The molecule has 0 N–H and O–H groups in total. The van der Waals surface area contributed by atoms with Gasteiger partial charge in [-0.15, -0.1) is 25.8 Å². The lowest BCUT2D eigenvalue weighted by Crippen LogP contribution is -2.18. The van der Waals surface area contributed by atoms with Crippen LogP contribution in [0.2, 0.25) is 0 Å². The summed E-state index contributed by atoms with van der Waals surface area (Å²) in [4.78, 5) is 11.2. The summed E-state index contributed by atoms with van der Waals surface area (Å²) >= 11 is 3.78. The average molecular weight is 291 g/mol. The van der Waals surface area contributed by atoms with E-state index >= 15 is 0 Å². The Balaban J connectivity index is 3.23. The molecule has 102 valence electrons. The first-order valence-electron chi connectivity index (χ1n) is 4.98. The highest BCUT2D eigenvalue weighted by Crippen LogP contribution is 2.33. The van der Waals surface area contributed by atoms with Crippen molar-refractivity contribution in [3.63, 3.8) is 0 Å². The molecule has 4 nitrogen and oxygen atoms in total. The monoisotopic (exact) mass is 291 g/mol. The number of hydrogen-bond donors (Lipinski definition) is 1. The number of nitrogens with zero attached hydrogens (tertiary/aromatic N) is 1. The van der Waals surface area contributed by atoms with Crippen LogP contribution in [0, 0.1) is 11.3 Å².